The molecule has 0 atom stereocenters. The molecule has 0 heterocycles. The standard InChI is InChI=1S/CHO.CH4.4CH3.Re/c1-2;;;;;;/h1H;1H4;4*1H3;/q-1;;4*-1;. The molecule has 0 aliphatic rings. The number of hydrogen-bond acceptors (Lipinski definition) is 1. The van der Waals surface area contributed by atoms with Crippen LogP contribution in [0.25, 0.3) is 0 Å². The van der Waals surface area contributed by atoms with Gasteiger partial charge in [-0.25, -0.2) is 0 Å². The van der Waals surface area contributed by atoms with E-state index in [9.17, 15) is 0 Å². The van der Waals surface area contributed by atoms with E-state index >= 15 is 0 Å². The van der Waals surface area contributed by atoms with Gasteiger partial charge in [-0.3, -0.25) is 6.79 Å². The Morgan fingerprint density at radius 2 is 0.750 bits per heavy atom. The zero-order valence-corrected chi connectivity index (χ0v) is 8.08. The smallest absolute Gasteiger partial charge is 0 e. The molecule has 0 fully saturated rings. The molecule has 0 aromatic rings. The van der Waals surface area contributed by atoms with Crippen molar-refractivity contribution in [3.63, 3.8) is 0 Å². The second-order valence-corrected chi connectivity index (χ2v) is 0. The summed E-state index contributed by atoms with van der Waals surface area (Å²) in [5.74, 6) is 0. The zero-order chi connectivity index (χ0) is 2.00. The van der Waals surface area contributed by atoms with Crippen LogP contribution in [0.5, 0.6) is 0 Å². The van der Waals surface area contributed by atoms with Crippen LogP contribution in [0.1, 0.15) is 7.43 Å². The Kier molecular flexibility index (Phi) is 84000. The second kappa shape index (κ2) is 2660. The van der Waals surface area contributed by atoms with Crippen LogP contribution in [-0.2, 0) is 25.2 Å². The number of hydrogen-bond donors (Lipinski definition) is 0. The van der Waals surface area contributed by atoms with Gasteiger partial charge in [-0.2, -0.15) is 0 Å². The van der Waals surface area contributed by atoms with Gasteiger partial charge in [-0.05, 0) is 0 Å². The molecule has 59 valence electrons. The minimum absolute atomic E-state index is 0. The largest absolute Gasteiger partial charge is 0.545 e. The van der Waals surface area contributed by atoms with Crippen molar-refractivity contribution < 1.29 is 25.2 Å². The molecule has 0 aliphatic carbocycles. The van der Waals surface area contributed by atoms with Crippen molar-refractivity contribution in [2.24, 2.45) is 0 Å². The Bertz CT molecular complexity index is 8.49. The van der Waals surface area contributed by atoms with Crippen LogP contribution in [0.4, 0.5) is 0 Å². The quantitative estimate of drug-likeness (QED) is 0.494. The topological polar surface area (TPSA) is 17.1 Å². The Morgan fingerprint density at radius 3 is 0.750 bits per heavy atom. The van der Waals surface area contributed by atoms with Crippen molar-refractivity contribution >= 4 is 6.79 Å². The summed E-state index contributed by atoms with van der Waals surface area (Å²) >= 11 is 0. The summed E-state index contributed by atoms with van der Waals surface area (Å²) < 4.78 is 0. The van der Waals surface area contributed by atoms with Crippen molar-refractivity contribution in [1.29, 1.82) is 0 Å². The predicted octanol–water partition coefficient (Wildman–Crippen LogP) is 2.16. The van der Waals surface area contributed by atoms with E-state index in [2.05, 4.69) is 6.79 Å². The molecule has 2 heteroatoms. The average molecular weight is 291 g/mol. The van der Waals surface area contributed by atoms with E-state index in [1.54, 1.807) is 0 Å². The second-order valence-electron chi connectivity index (χ2n) is 0. The van der Waals surface area contributed by atoms with Gasteiger partial charge in [0.2, 0.25) is 0 Å². The third-order valence-electron chi connectivity index (χ3n) is 0. The van der Waals surface area contributed by atoms with Gasteiger partial charge in [0.1, 0.15) is 0 Å². The Balaban J connectivity index is -0.000000000333. The minimum atomic E-state index is 0. The molecule has 0 aliphatic heterocycles. The molecule has 0 N–H and O–H groups in total. The van der Waals surface area contributed by atoms with Crippen molar-refractivity contribution in [3.8, 4) is 0 Å². The van der Waals surface area contributed by atoms with Gasteiger partial charge in [0.25, 0.3) is 0 Å². The van der Waals surface area contributed by atoms with E-state index < -0.39 is 0 Å². The molecule has 0 bridgehead atoms. The summed E-state index contributed by atoms with van der Waals surface area (Å²) in [4.78, 5) is 7.75. The molecule has 8 heavy (non-hydrogen) atoms. The Morgan fingerprint density at radius 1 is 0.750 bits per heavy atom. The predicted molar refractivity (Wildman–Crippen MR) is 39.1 cm³/mol. The third-order valence-corrected chi connectivity index (χ3v) is 0. The van der Waals surface area contributed by atoms with Gasteiger partial charge in [-0.1, -0.05) is 7.43 Å². The maximum absolute atomic E-state index is 7.75. The molecule has 0 saturated heterocycles. The first-order valence-electron chi connectivity index (χ1n) is 0.236. The number of rotatable bonds is 0. The molecule has 0 saturated carbocycles. The van der Waals surface area contributed by atoms with E-state index in [1.165, 1.54) is 0 Å². The summed E-state index contributed by atoms with van der Waals surface area (Å²) in [6.07, 6.45) is 0. The van der Waals surface area contributed by atoms with Gasteiger partial charge in [0.15, 0.2) is 0 Å². The van der Waals surface area contributed by atoms with E-state index in [0.29, 0.717) is 0 Å². The molecule has 0 unspecified atom stereocenters. The molecular formula is C6H17ORe-5. The average Bonchev–Trinajstić information content (AvgIpc) is 1.00. The third kappa shape index (κ3) is 1630. The van der Waals surface area contributed by atoms with Crippen molar-refractivity contribution in [2.75, 3.05) is 0 Å². The first kappa shape index (κ1) is 252. The van der Waals surface area contributed by atoms with Crippen LogP contribution in [0.3, 0.4) is 0 Å². The van der Waals surface area contributed by atoms with Crippen LogP contribution < -0.4 is 0 Å². The first-order chi connectivity index (χ1) is 1.00. The number of carbonyl (C=O) groups excluding carboxylic acids is 1. The van der Waals surface area contributed by atoms with Crippen molar-refractivity contribution in [2.45, 2.75) is 7.43 Å². The molecule has 1 radical (unpaired) electrons. The minimum Gasteiger partial charge on any atom is -0.545 e. The Hall–Kier alpha value is 0.332. The van der Waals surface area contributed by atoms with Crippen LogP contribution in [0.15, 0.2) is 0 Å². The van der Waals surface area contributed by atoms with Crippen LogP contribution >= 0.6 is 0 Å². The van der Waals surface area contributed by atoms with Gasteiger partial charge in [0.05, 0.1) is 0 Å². The molecule has 1 nitrogen and oxygen atoms in total. The van der Waals surface area contributed by atoms with Gasteiger partial charge < -0.3 is 34.5 Å². The molecule has 0 aromatic heterocycles. The normalized spacial score (nSPS) is 0.500. The zero-order valence-electron chi connectivity index (χ0n) is 5.36. The van der Waals surface area contributed by atoms with Crippen LogP contribution in [0, 0.1) is 29.7 Å². The SMILES string of the molecule is C.[CH-]=O.[CH3-].[CH3-].[CH3-].[CH3-].[Re]. The molecule has 0 amide bonds. The van der Waals surface area contributed by atoms with Gasteiger partial charge in [0, 0.05) is 20.4 Å². The Labute approximate surface area is 69.5 Å². The summed E-state index contributed by atoms with van der Waals surface area (Å²) in [5.41, 5.74) is 0. The van der Waals surface area contributed by atoms with Crippen LogP contribution in [0.2, 0.25) is 0 Å². The van der Waals surface area contributed by atoms with Gasteiger partial charge in [-0.15, -0.1) is 0 Å². The summed E-state index contributed by atoms with van der Waals surface area (Å²) in [5, 5.41) is 0. The summed E-state index contributed by atoms with van der Waals surface area (Å²) in [6.45, 7) is 3.25. The molecular weight excluding hydrogens is 274 g/mol. The van der Waals surface area contributed by atoms with Crippen LogP contribution in [-0.4, -0.2) is 6.79 Å². The summed E-state index contributed by atoms with van der Waals surface area (Å²) in [6, 6.07) is 0. The molecule has 0 spiro atoms. The van der Waals surface area contributed by atoms with E-state index in [1.807, 2.05) is 0 Å². The fourth-order valence-electron chi connectivity index (χ4n) is 0. The van der Waals surface area contributed by atoms with E-state index in [0.717, 1.165) is 0 Å². The van der Waals surface area contributed by atoms with Crippen molar-refractivity contribution in [3.05, 3.63) is 29.7 Å². The molecule has 0 aromatic carbocycles. The van der Waals surface area contributed by atoms with E-state index in [4.69, 9.17) is 4.79 Å². The summed E-state index contributed by atoms with van der Waals surface area (Å²) in [7, 11) is 0. The van der Waals surface area contributed by atoms with Crippen molar-refractivity contribution in [1.82, 2.24) is 0 Å². The molecule has 0 rings (SSSR count). The monoisotopic (exact) mass is 292 g/mol. The fraction of sp³-hybridized carbons (Fsp3) is 0.167. The first-order valence-corrected chi connectivity index (χ1v) is 0.236. The fourth-order valence-corrected chi connectivity index (χ4v) is 0. The van der Waals surface area contributed by atoms with Gasteiger partial charge >= 0.3 is 0 Å². The maximum atomic E-state index is 7.75. The van der Waals surface area contributed by atoms with E-state index in [-0.39, 0.29) is 57.6 Å². The maximum Gasteiger partial charge on any atom is 0 e.